The molecule has 7 nitrogen and oxygen atoms in total. The summed E-state index contributed by atoms with van der Waals surface area (Å²) in [6.07, 6.45) is 3.07. The van der Waals surface area contributed by atoms with Gasteiger partial charge >= 0.3 is 5.97 Å². The second kappa shape index (κ2) is 7.48. The van der Waals surface area contributed by atoms with Crippen molar-refractivity contribution in [1.29, 1.82) is 0 Å². The maximum Gasteiger partial charge on any atom is 0.331 e. The molecule has 1 amide bonds. The Morgan fingerprint density at radius 2 is 1.92 bits per heavy atom. The predicted octanol–water partition coefficient (Wildman–Crippen LogP) is 2.88. The summed E-state index contributed by atoms with van der Waals surface area (Å²) in [5.74, 6) is -1.29. The lowest BCUT2D eigenvalue weighted by molar-refractivity contribution is -0.146. The first kappa shape index (κ1) is 18.7. The van der Waals surface area contributed by atoms with Gasteiger partial charge in [0.15, 0.2) is 5.54 Å². The molecule has 0 unspecified atom stereocenters. The number of anilines is 1. The van der Waals surface area contributed by atoms with Gasteiger partial charge in [-0.1, -0.05) is 12.1 Å². The predicted molar refractivity (Wildman–Crippen MR) is 93.5 cm³/mol. The topological polar surface area (TPSA) is 93.5 Å². The SMILES string of the molecule is CC(C)OCc1ccc(C(=O)Nc2cnn(C(C)(C)C(=O)O)c2)cc1. The molecule has 0 bridgehead atoms. The van der Waals surface area contributed by atoms with Gasteiger partial charge in [0.05, 0.1) is 24.6 Å². The average Bonchev–Trinajstić information content (AvgIpc) is 3.02. The maximum absolute atomic E-state index is 12.3. The van der Waals surface area contributed by atoms with Crippen LogP contribution in [0.15, 0.2) is 36.7 Å². The van der Waals surface area contributed by atoms with Gasteiger partial charge < -0.3 is 15.2 Å². The van der Waals surface area contributed by atoms with Crippen molar-refractivity contribution in [2.24, 2.45) is 0 Å². The van der Waals surface area contributed by atoms with E-state index in [1.165, 1.54) is 30.9 Å². The molecule has 2 rings (SSSR count). The highest BCUT2D eigenvalue weighted by Gasteiger charge is 2.30. The Bertz CT molecular complexity index is 748. The summed E-state index contributed by atoms with van der Waals surface area (Å²) in [4.78, 5) is 23.5. The minimum absolute atomic E-state index is 0.148. The van der Waals surface area contributed by atoms with E-state index in [4.69, 9.17) is 4.74 Å². The average molecular weight is 345 g/mol. The fourth-order valence-electron chi connectivity index (χ4n) is 2.01. The molecule has 1 aromatic carbocycles. The first-order valence-corrected chi connectivity index (χ1v) is 8.00. The Hall–Kier alpha value is -2.67. The number of aliphatic carboxylic acids is 1. The number of rotatable bonds is 7. The van der Waals surface area contributed by atoms with E-state index in [1.54, 1.807) is 12.1 Å². The van der Waals surface area contributed by atoms with Crippen molar-refractivity contribution in [3.8, 4) is 0 Å². The molecule has 2 aromatic rings. The zero-order chi connectivity index (χ0) is 18.6. The number of hydrogen-bond acceptors (Lipinski definition) is 4. The summed E-state index contributed by atoms with van der Waals surface area (Å²) in [7, 11) is 0. The fraction of sp³-hybridized carbons (Fsp3) is 0.389. The van der Waals surface area contributed by atoms with Crippen LogP contribution >= 0.6 is 0 Å². The highest BCUT2D eigenvalue weighted by Crippen LogP contribution is 2.18. The van der Waals surface area contributed by atoms with Gasteiger partial charge in [0.2, 0.25) is 0 Å². The lowest BCUT2D eigenvalue weighted by atomic mass is 10.1. The number of benzene rings is 1. The van der Waals surface area contributed by atoms with Crippen LogP contribution in [0.3, 0.4) is 0 Å². The van der Waals surface area contributed by atoms with Crippen LogP contribution in [0.5, 0.6) is 0 Å². The number of nitrogens with one attached hydrogen (secondary N) is 1. The van der Waals surface area contributed by atoms with Crippen LogP contribution < -0.4 is 5.32 Å². The molecular formula is C18H23N3O4. The van der Waals surface area contributed by atoms with E-state index in [0.29, 0.717) is 17.9 Å². The van der Waals surface area contributed by atoms with Crippen molar-refractivity contribution in [1.82, 2.24) is 9.78 Å². The van der Waals surface area contributed by atoms with Crippen LogP contribution in [0, 0.1) is 0 Å². The zero-order valence-electron chi connectivity index (χ0n) is 14.8. The molecule has 25 heavy (non-hydrogen) atoms. The van der Waals surface area contributed by atoms with E-state index in [9.17, 15) is 14.7 Å². The van der Waals surface area contributed by atoms with Crippen LogP contribution in [0.1, 0.15) is 43.6 Å². The molecule has 0 aliphatic carbocycles. The number of aromatic nitrogens is 2. The lowest BCUT2D eigenvalue weighted by Gasteiger charge is -2.19. The van der Waals surface area contributed by atoms with E-state index >= 15 is 0 Å². The Balaban J connectivity index is 2.03. The van der Waals surface area contributed by atoms with Crippen molar-refractivity contribution < 1.29 is 19.4 Å². The van der Waals surface area contributed by atoms with Gasteiger partial charge in [0, 0.05) is 11.8 Å². The summed E-state index contributed by atoms with van der Waals surface area (Å²) in [5, 5.41) is 15.9. The fourth-order valence-corrected chi connectivity index (χ4v) is 2.01. The second-order valence-corrected chi connectivity index (χ2v) is 6.55. The molecule has 0 aliphatic heterocycles. The van der Waals surface area contributed by atoms with Crippen LogP contribution in [-0.4, -0.2) is 32.9 Å². The summed E-state index contributed by atoms with van der Waals surface area (Å²) in [6, 6.07) is 7.13. The van der Waals surface area contributed by atoms with E-state index in [0.717, 1.165) is 5.56 Å². The molecule has 1 aromatic heterocycles. The van der Waals surface area contributed by atoms with Crippen molar-refractivity contribution >= 4 is 17.6 Å². The second-order valence-electron chi connectivity index (χ2n) is 6.55. The van der Waals surface area contributed by atoms with Gasteiger partial charge in [0.1, 0.15) is 0 Å². The molecule has 0 fully saturated rings. The smallest absolute Gasteiger partial charge is 0.331 e. The molecule has 0 spiro atoms. The Labute approximate surface area is 146 Å². The van der Waals surface area contributed by atoms with Crippen molar-refractivity contribution in [3.63, 3.8) is 0 Å². The van der Waals surface area contributed by atoms with Gasteiger partial charge in [-0.3, -0.25) is 9.48 Å². The molecule has 134 valence electrons. The third kappa shape index (κ3) is 4.67. The van der Waals surface area contributed by atoms with Crippen LogP contribution in [0.2, 0.25) is 0 Å². The van der Waals surface area contributed by atoms with E-state index in [-0.39, 0.29) is 12.0 Å². The van der Waals surface area contributed by atoms with Crippen LogP contribution in [0.4, 0.5) is 5.69 Å². The van der Waals surface area contributed by atoms with Crippen molar-refractivity contribution in [2.75, 3.05) is 5.32 Å². The number of nitrogens with zero attached hydrogens (tertiary/aromatic N) is 2. The number of carbonyl (C=O) groups excluding carboxylic acids is 1. The minimum atomic E-state index is -1.19. The Morgan fingerprint density at radius 3 is 2.48 bits per heavy atom. The first-order valence-electron chi connectivity index (χ1n) is 8.00. The normalized spacial score (nSPS) is 11.6. The van der Waals surface area contributed by atoms with E-state index in [2.05, 4.69) is 10.4 Å². The molecule has 2 N–H and O–H groups in total. The highest BCUT2D eigenvalue weighted by molar-refractivity contribution is 6.04. The van der Waals surface area contributed by atoms with Crippen molar-refractivity contribution in [3.05, 3.63) is 47.8 Å². The van der Waals surface area contributed by atoms with Gasteiger partial charge in [-0.15, -0.1) is 0 Å². The van der Waals surface area contributed by atoms with Gasteiger partial charge in [0.25, 0.3) is 5.91 Å². The Kier molecular flexibility index (Phi) is 5.58. The molecule has 0 saturated carbocycles. The maximum atomic E-state index is 12.3. The number of amides is 1. The number of carboxylic acid groups (broad SMARTS) is 1. The Morgan fingerprint density at radius 1 is 1.28 bits per heavy atom. The van der Waals surface area contributed by atoms with Gasteiger partial charge in [-0.05, 0) is 45.4 Å². The molecule has 0 saturated heterocycles. The largest absolute Gasteiger partial charge is 0.479 e. The van der Waals surface area contributed by atoms with Gasteiger partial charge in [-0.25, -0.2) is 4.79 Å². The molecule has 7 heteroatoms. The summed E-state index contributed by atoms with van der Waals surface area (Å²) in [5.41, 5.74) is 0.729. The van der Waals surface area contributed by atoms with E-state index in [1.807, 2.05) is 26.0 Å². The monoisotopic (exact) mass is 345 g/mol. The number of carboxylic acids is 1. The summed E-state index contributed by atoms with van der Waals surface area (Å²) < 4.78 is 6.82. The van der Waals surface area contributed by atoms with Crippen LogP contribution in [-0.2, 0) is 21.7 Å². The number of carbonyl (C=O) groups is 2. The van der Waals surface area contributed by atoms with Crippen LogP contribution in [0.25, 0.3) is 0 Å². The van der Waals surface area contributed by atoms with Crippen molar-refractivity contribution in [2.45, 2.75) is 45.9 Å². The number of hydrogen-bond donors (Lipinski definition) is 2. The third-order valence-corrected chi connectivity index (χ3v) is 3.74. The number of ether oxygens (including phenoxy) is 1. The third-order valence-electron chi connectivity index (χ3n) is 3.74. The molecule has 0 aliphatic rings. The quantitative estimate of drug-likeness (QED) is 0.805. The lowest BCUT2D eigenvalue weighted by Crippen LogP contribution is -2.35. The molecular weight excluding hydrogens is 322 g/mol. The molecule has 0 radical (unpaired) electrons. The van der Waals surface area contributed by atoms with E-state index < -0.39 is 11.5 Å². The van der Waals surface area contributed by atoms with Gasteiger partial charge in [-0.2, -0.15) is 5.10 Å². The summed E-state index contributed by atoms with van der Waals surface area (Å²) in [6.45, 7) is 7.50. The molecule has 0 atom stereocenters. The standard InChI is InChI=1S/C18H23N3O4/c1-12(2)25-11-13-5-7-14(8-6-13)16(22)20-15-9-19-21(10-15)18(3,4)17(23)24/h5-10,12H,11H2,1-4H3,(H,20,22)(H,23,24). The zero-order valence-corrected chi connectivity index (χ0v) is 14.8. The first-order chi connectivity index (χ1) is 11.7. The highest BCUT2D eigenvalue weighted by atomic mass is 16.5. The molecule has 1 heterocycles. The summed E-state index contributed by atoms with van der Waals surface area (Å²) >= 11 is 0. The minimum Gasteiger partial charge on any atom is -0.479 e.